The van der Waals surface area contributed by atoms with Gasteiger partial charge >= 0.3 is 5.97 Å². The van der Waals surface area contributed by atoms with E-state index in [0.717, 1.165) is 77.0 Å². The molecule has 0 aromatic carbocycles. The maximum absolute atomic E-state index is 13.1. The summed E-state index contributed by atoms with van der Waals surface area (Å²) >= 11 is 0. The topological polar surface area (TPSA) is 95.9 Å². The third kappa shape index (κ3) is 41.1. The Morgan fingerprint density at radius 1 is 0.483 bits per heavy atom. The normalized spacial score (nSPS) is 13.4. The summed E-state index contributed by atoms with van der Waals surface area (Å²) in [6, 6.07) is -0.703. The van der Waals surface area contributed by atoms with Crippen molar-refractivity contribution < 1.29 is 24.5 Å². The van der Waals surface area contributed by atoms with Crippen LogP contribution in [0.3, 0.4) is 0 Å². The molecule has 0 fully saturated rings. The van der Waals surface area contributed by atoms with Gasteiger partial charge in [0.15, 0.2) is 0 Å². The van der Waals surface area contributed by atoms with Crippen LogP contribution in [-0.4, -0.2) is 46.9 Å². The molecule has 6 heteroatoms. The van der Waals surface area contributed by atoms with E-state index >= 15 is 0 Å². The minimum Gasteiger partial charge on any atom is -0.462 e. The summed E-state index contributed by atoms with van der Waals surface area (Å²) in [4.78, 5) is 26.0. The third-order valence-corrected chi connectivity index (χ3v) is 11.8. The van der Waals surface area contributed by atoms with Crippen molar-refractivity contribution in [3.8, 4) is 0 Å². The zero-order chi connectivity index (χ0) is 42.4. The van der Waals surface area contributed by atoms with Crippen LogP contribution in [0.1, 0.15) is 271 Å². The second-order valence-electron chi connectivity index (χ2n) is 17.6. The van der Waals surface area contributed by atoms with E-state index in [1.807, 2.05) is 0 Å². The molecule has 3 N–H and O–H groups in total. The quantitative estimate of drug-likeness (QED) is 0.0323. The zero-order valence-electron chi connectivity index (χ0n) is 38.9. The van der Waals surface area contributed by atoms with Crippen molar-refractivity contribution in [2.24, 2.45) is 0 Å². The number of ether oxygens (including phenoxy) is 1. The van der Waals surface area contributed by atoms with Crippen molar-refractivity contribution in [2.75, 3.05) is 6.61 Å². The largest absolute Gasteiger partial charge is 0.462 e. The summed E-state index contributed by atoms with van der Waals surface area (Å²) in [6.45, 7) is 6.44. The van der Waals surface area contributed by atoms with Crippen LogP contribution in [0.25, 0.3) is 0 Å². The maximum atomic E-state index is 13.1. The Bertz CT molecular complexity index is 919. The average molecular weight is 818 g/mol. The molecule has 0 saturated carbocycles. The summed E-state index contributed by atoms with van der Waals surface area (Å²) in [5.41, 5.74) is 0. The fourth-order valence-electron chi connectivity index (χ4n) is 7.82. The predicted molar refractivity (Wildman–Crippen MR) is 250 cm³/mol. The van der Waals surface area contributed by atoms with Crippen molar-refractivity contribution in [1.82, 2.24) is 5.32 Å². The lowest BCUT2D eigenvalue weighted by Crippen LogP contribution is -2.46. The van der Waals surface area contributed by atoms with E-state index in [9.17, 15) is 19.8 Å². The second-order valence-corrected chi connectivity index (χ2v) is 17.6. The zero-order valence-corrected chi connectivity index (χ0v) is 38.9. The van der Waals surface area contributed by atoms with Crippen LogP contribution in [0.15, 0.2) is 24.3 Å². The van der Waals surface area contributed by atoms with E-state index in [0.29, 0.717) is 19.3 Å². The predicted octanol–water partition coefficient (Wildman–Crippen LogP) is 15.1. The number of aliphatic hydroxyl groups excluding tert-OH is 2. The van der Waals surface area contributed by atoms with Gasteiger partial charge < -0.3 is 20.3 Å². The highest BCUT2D eigenvalue weighted by atomic mass is 16.5. The lowest BCUT2D eigenvalue weighted by molar-refractivity contribution is -0.151. The highest BCUT2D eigenvalue weighted by Gasteiger charge is 2.24. The Morgan fingerprint density at radius 3 is 1.29 bits per heavy atom. The third-order valence-electron chi connectivity index (χ3n) is 11.8. The van der Waals surface area contributed by atoms with E-state index in [4.69, 9.17) is 4.74 Å². The van der Waals surface area contributed by atoms with Gasteiger partial charge in [0.25, 0.3) is 0 Å². The first-order valence-corrected chi connectivity index (χ1v) is 25.6. The molecular formula is C52H99NO5. The van der Waals surface area contributed by atoms with Crippen LogP contribution in [0.2, 0.25) is 0 Å². The molecular weight excluding hydrogens is 719 g/mol. The summed E-state index contributed by atoms with van der Waals surface area (Å²) in [6.07, 6.45) is 52.5. The van der Waals surface area contributed by atoms with Gasteiger partial charge in [-0.15, -0.1) is 0 Å². The van der Waals surface area contributed by atoms with Gasteiger partial charge in [0, 0.05) is 6.42 Å². The lowest BCUT2D eigenvalue weighted by atomic mass is 10.0. The molecule has 3 atom stereocenters. The number of nitrogens with one attached hydrogen (secondary N) is 1. The number of carbonyl (C=O) groups is 2. The van der Waals surface area contributed by atoms with Gasteiger partial charge in [-0.25, -0.2) is 0 Å². The molecule has 0 aromatic heterocycles. The molecule has 0 saturated heterocycles. The molecule has 0 radical (unpaired) electrons. The number of allylic oxidation sites excluding steroid dienone is 4. The molecule has 0 aliphatic carbocycles. The van der Waals surface area contributed by atoms with Crippen LogP contribution in [0, 0.1) is 0 Å². The molecule has 0 heterocycles. The first kappa shape index (κ1) is 56.3. The van der Waals surface area contributed by atoms with Gasteiger partial charge in [-0.1, -0.05) is 212 Å². The van der Waals surface area contributed by atoms with Crippen LogP contribution in [0.5, 0.6) is 0 Å². The minimum absolute atomic E-state index is 0.0666. The smallest absolute Gasteiger partial charge is 0.306 e. The van der Waals surface area contributed by atoms with E-state index in [-0.39, 0.29) is 24.9 Å². The van der Waals surface area contributed by atoms with Gasteiger partial charge in [0.2, 0.25) is 5.91 Å². The van der Waals surface area contributed by atoms with E-state index < -0.39 is 18.2 Å². The van der Waals surface area contributed by atoms with Gasteiger partial charge in [-0.3, -0.25) is 9.59 Å². The summed E-state index contributed by atoms with van der Waals surface area (Å²) < 4.78 is 5.90. The van der Waals surface area contributed by atoms with Crippen molar-refractivity contribution in [2.45, 2.75) is 289 Å². The lowest BCUT2D eigenvalue weighted by Gasteiger charge is -2.24. The number of hydrogen-bond donors (Lipinski definition) is 3. The van der Waals surface area contributed by atoms with E-state index in [1.54, 1.807) is 0 Å². The highest BCUT2D eigenvalue weighted by Crippen LogP contribution is 2.17. The van der Waals surface area contributed by atoms with Crippen molar-refractivity contribution in [3.05, 3.63) is 24.3 Å². The summed E-state index contributed by atoms with van der Waals surface area (Å²) in [5.74, 6) is -0.492. The molecule has 0 spiro atoms. The number of aliphatic hydroxyl groups is 2. The van der Waals surface area contributed by atoms with E-state index in [2.05, 4.69) is 50.4 Å². The number of rotatable bonds is 46. The Morgan fingerprint density at radius 2 is 0.845 bits per heavy atom. The van der Waals surface area contributed by atoms with Crippen LogP contribution in [-0.2, 0) is 14.3 Å². The van der Waals surface area contributed by atoms with Crippen molar-refractivity contribution in [3.63, 3.8) is 0 Å². The standard InChI is InChI=1S/C52H99NO5/c1-4-7-10-13-16-19-21-23-24-25-26-27-28-30-33-36-39-42-45-52(57)58-48(43-40-37-34-31-18-15-12-9-6-3)46-51(56)53-49(47-54)50(55)44-41-38-35-32-29-22-20-17-14-11-8-5-2/h15,18,26-27,48-50,54-55H,4-14,16-17,19-25,28-47H2,1-3H3,(H,53,56)/b18-15-,27-26+. The van der Waals surface area contributed by atoms with Crippen molar-refractivity contribution >= 4 is 11.9 Å². The van der Waals surface area contributed by atoms with Crippen molar-refractivity contribution in [1.29, 1.82) is 0 Å². The molecule has 342 valence electrons. The first-order chi connectivity index (χ1) is 28.5. The molecule has 0 aliphatic heterocycles. The molecule has 0 aliphatic rings. The number of amides is 1. The molecule has 3 unspecified atom stereocenters. The molecule has 1 amide bonds. The van der Waals surface area contributed by atoms with Gasteiger partial charge in [0.1, 0.15) is 6.10 Å². The van der Waals surface area contributed by atoms with Gasteiger partial charge in [-0.05, 0) is 70.6 Å². The SMILES string of the molecule is CCCC/C=C\CCCCCC(CC(=O)NC(CO)C(O)CCCCCCCCCCCCCC)OC(=O)CCCCCCC/C=C/CCCCCCCCCCC. The average Bonchev–Trinajstić information content (AvgIpc) is 3.22. The summed E-state index contributed by atoms with van der Waals surface area (Å²) in [5, 5.41) is 23.7. The molecule has 0 aromatic rings. The molecule has 58 heavy (non-hydrogen) atoms. The number of unbranched alkanes of at least 4 members (excludes halogenated alkanes) is 30. The Hall–Kier alpha value is -1.66. The molecule has 0 rings (SSSR count). The Balaban J connectivity index is 4.44. The monoisotopic (exact) mass is 818 g/mol. The Labute approximate surface area is 361 Å². The minimum atomic E-state index is -0.788. The van der Waals surface area contributed by atoms with E-state index in [1.165, 1.54) is 148 Å². The van der Waals surface area contributed by atoms with Gasteiger partial charge in [-0.2, -0.15) is 0 Å². The van der Waals surface area contributed by atoms with Crippen LogP contribution >= 0.6 is 0 Å². The number of carbonyl (C=O) groups excluding carboxylic acids is 2. The summed E-state index contributed by atoms with van der Waals surface area (Å²) in [7, 11) is 0. The first-order valence-electron chi connectivity index (χ1n) is 25.6. The molecule has 6 nitrogen and oxygen atoms in total. The van der Waals surface area contributed by atoms with Crippen LogP contribution in [0.4, 0.5) is 0 Å². The molecule has 0 bridgehead atoms. The maximum Gasteiger partial charge on any atom is 0.306 e. The second kappa shape index (κ2) is 46.4. The van der Waals surface area contributed by atoms with Crippen LogP contribution < -0.4 is 5.32 Å². The highest BCUT2D eigenvalue weighted by molar-refractivity contribution is 5.77. The fourth-order valence-corrected chi connectivity index (χ4v) is 7.82. The number of esters is 1. The fraction of sp³-hybridized carbons (Fsp3) is 0.885. The number of hydrogen-bond acceptors (Lipinski definition) is 5. The Kier molecular flexibility index (Phi) is 45.1. The van der Waals surface area contributed by atoms with Gasteiger partial charge in [0.05, 0.1) is 25.2 Å².